The Morgan fingerprint density at radius 3 is 2.62 bits per heavy atom. The molecule has 1 aliphatic heterocycles. The Hall–Kier alpha value is -2.22. The summed E-state index contributed by atoms with van der Waals surface area (Å²) < 4.78 is 5.90. The minimum absolute atomic E-state index is 0.204. The van der Waals surface area contributed by atoms with Gasteiger partial charge in [0, 0.05) is 11.6 Å². The van der Waals surface area contributed by atoms with Crippen molar-refractivity contribution in [3.05, 3.63) is 71.3 Å². The van der Waals surface area contributed by atoms with E-state index < -0.39 is 0 Å². The summed E-state index contributed by atoms with van der Waals surface area (Å²) in [6.45, 7) is 6.29. The number of hydrogen-bond acceptors (Lipinski definition) is 2. The van der Waals surface area contributed by atoms with Gasteiger partial charge in [-0.25, -0.2) is 0 Å². The molecule has 2 aromatic carbocycles. The van der Waals surface area contributed by atoms with Gasteiger partial charge in [0.15, 0.2) is 0 Å². The van der Waals surface area contributed by atoms with Gasteiger partial charge in [-0.2, -0.15) is 0 Å². The normalized spacial score (nSPS) is 24.4. The van der Waals surface area contributed by atoms with Gasteiger partial charge in [0.25, 0.3) is 0 Å². The smallest absolute Gasteiger partial charge is 0.120 e. The van der Waals surface area contributed by atoms with Gasteiger partial charge in [0.05, 0.1) is 12.1 Å². The minimum Gasteiger partial charge on any atom is -0.491 e. The van der Waals surface area contributed by atoms with Crippen molar-refractivity contribution in [2.45, 2.75) is 45.3 Å². The average molecular weight is 319 g/mol. The lowest BCUT2D eigenvalue weighted by Crippen LogP contribution is -2.29. The Morgan fingerprint density at radius 2 is 1.88 bits per heavy atom. The maximum atomic E-state index is 5.90. The highest BCUT2D eigenvalue weighted by Gasteiger charge is 2.37. The van der Waals surface area contributed by atoms with Gasteiger partial charge < -0.3 is 10.1 Å². The summed E-state index contributed by atoms with van der Waals surface area (Å²) in [5.74, 6) is 2.02. The quantitative estimate of drug-likeness (QED) is 0.743. The molecule has 4 rings (SSSR count). The molecular formula is C22H25NO. The fourth-order valence-electron chi connectivity index (χ4n) is 4.02. The van der Waals surface area contributed by atoms with Crippen LogP contribution in [0, 0.1) is 12.8 Å². The van der Waals surface area contributed by atoms with Gasteiger partial charge in [-0.05, 0) is 62.4 Å². The molecule has 1 heterocycles. The zero-order valence-corrected chi connectivity index (χ0v) is 14.6. The van der Waals surface area contributed by atoms with E-state index in [1.165, 1.54) is 22.4 Å². The van der Waals surface area contributed by atoms with E-state index in [0.717, 1.165) is 12.2 Å². The molecule has 0 aromatic heterocycles. The van der Waals surface area contributed by atoms with E-state index in [0.29, 0.717) is 17.9 Å². The molecule has 0 spiro atoms. The standard InChI is InChI=1S/C22H25NO/c1-14(2)24-17-11-12-21-20(13-17)18-5-4-6-19(18)22(23-21)16-9-7-15(3)8-10-16/h4-5,7-14,18-19,22-23H,6H2,1-3H3. The molecule has 1 aliphatic carbocycles. The van der Waals surface area contributed by atoms with Crippen LogP contribution in [0.15, 0.2) is 54.6 Å². The summed E-state index contributed by atoms with van der Waals surface area (Å²) in [5.41, 5.74) is 5.30. The van der Waals surface area contributed by atoms with E-state index in [1.807, 2.05) is 0 Å². The second-order valence-electron chi connectivity index (χ2n) is 7.30. The lowest BCUT2D eigenvalue weighted by atomic mass is 9.77. The Labute approximate surface area is 144 Å². The molecule has 2 heteroatoms. The van der Waals surface area contributed by atoms with Crippen molar-refractivity contribution in [1.82, 2.24) is 0 Å². The summed E-state index contributed by atoms with van der Waals surface area (Å²) in [7, 11) is 0. The average Bonchev–Trinajstić information content (AvgIpc) is 3.04. The molecule has 0 bridgehead atoms. The molecule has 24 heavy (non-hydrogen) atoms. The van der Waals surface area contributed by atoms with Crippen LogP contribution in [0.3, 0.4) is 0 Å². The van der Waals surface area contributed by atoms with Crippen LogP contribution in [-0.4, -0.2) is 6.10 Å². The summed E-state index contributed by atoms with van der Waals surface area (Å²) in [4.78, 5) is 0. The Bertz CT molecular complexity index is 760. The number of hydrogen-bond donors (Lipinski definition) is 1. The van der Waals surface area contributed by atoms with Crippen LogP contribution in [0.1, 0.15) is 48.9 Å². The molecule has 2 aliphatic rings. The van der Waals surface area contributed by atoms with Crippen molar-refractivity contribution in [2.24, 2.45) is 5.92 Å². The van der Waals surface area contributed by atoms with E-state index in [4.69, 9.17) is 4.74 Å². The largest absolute Gasteiger partial charge is 0.491 e. The number of nitrogens with one attached hydrogen (secondary N) is 1. The fraction of sp³-hybridized carbons (Fsp3) is 0.364. The lowest BCUT2D eigenvalue weighted by molar-refractivity contribution is 0.242. The first-order valence-corrected chi connectivity index (χ1v) is 8.92. The maximum Gasteiger partial charge on any atom is 0.120 e. The maximum absolute atomic E-state index is 5.90. The number of rotatable bonds is 3. The predicted octanol–water partition coefficient (Wildman–Crippen LogP) is 5.61. The van der Waals surface area contributed by atoms with Crippen LogP contribution in [0.5, 0.6) is 5.75 Å². The van der Waals surface area contributed by atoms with Crippen LogP contribution in [0.4, 0.5) is 5.69 Å². The van der Waals surface area contributed by atoms with Gasteiger partial charge in [-0.15, -0.1) is 0 Å². The molecule has 0 saturated carbocycles. The van der Waals surface area contributed by atoms with Gasteiger partial charge >= 0.3 is 0 Å². The van der Waals surface area contributed by atoms with E-state index in [1.54, 1.807) is 0 Å². The third kappa shape index (κ3) is 2.71. The van der Waals surface area contributed by atoms with E-state index in [2.05, 4.69) is 80.7 Å². The zero-order chi connectivity index (χ0) is 16.7. The summed E-state index contributed by atoms with van der Waals surface area (Å²) in [6.07, 6.45) is 6.05. The number of anilines is 1. The molecule has 2 aromatic rings. The molecule has 2 nitrogen and oxygen atoms in total. The third-order valence-corrected chi connectivity index (χ3v) is 5.14. The summed E-state index contributed by atoms with van der Waals surface area (Å²) >= 11 is 0. The van der Waals surface area contributed by atoms with Crippen molar-refractivity contribution in [1.29, 1.82) is 0 Å². The predicted molar refractivity (Wildman–Crippen MR) is 99.7 cm³/mol. The number of fused-ring (bicyclic) bond motifs is 3. The van der Waals surface area contributed by atoms with Crippen molar-refractivity contribution in [2.75, 3.05) is 5.32 Å². The molecule has 0 radical (unpaired) electrons. The van der Waals surface area contributed by atoms with Crippen LogP contribution in [0.2, 0.25) is 0 Å². The first kappa shape index (κ1) is 15.3. The van der Waals surface area contributed by atoms with Gasteiger partial charge in [0.2, 0.25) is 0 Å². The zero-order valence-electron chi connectivity index (χ0n) is 14.6. The van der Waals surface area contributed by atoms with Gasteiger partial charge in [-0.3, -0.25) is 0 Å². The number of benzene rings is 2. The van der Waals surface area contributed by atoms with E-state index >= 15 is 0 Å². The Morgan fingerprint density at radius 1 is 1.08 bits per heavy atom. The van der Waals surface area contributed by atoms with Crippen LogP contribution in [-0.2, 0) is 0 Å². The molecular weight excluding hydrogens is 294 g/mol. The number of aryl methyl sites for hydroxylation is 1. The van der Waals surface area contributed by atoms with E-state index in [9.17, 15) is 0 Å². The second-order valence-corrected chi connectivity index (χ2v) is 7.30. The first-order chi connectivity index (χ1) is 11.6. The first-order valence-electron chi connectivity index (χ1n) is 8.92. The summed E-state index contributed by atoms with van der Waals surface area (Å²) in [5, 5.41) is 3.79. The van der Waals surface area contributed by atoms with Crippen molar-refractivity contribution in [3.8, 4) is 5.75 Å². The van der Waals surface area contributed by atoms with Crippen LogP contribution in [0.25, 0.3) is 0 Å². The molecule has 0 saturated heterocycles. The number of ether oxygens (including phenoxy) is 1. The molecule has 0 amide bonds. The van der Waals surface area contributed by atoms with Gasteiger partial charge in [0.1, 0.15) is 5.75 Å². The van der Waals surface area contributed by atoms with E-state index in [-0.39, 0.29) is 6.10 Å². The Balaban J connectivity index is 1.70. The van der Waals surface area contributed by atoms with Gasteiger partial charge in [-0.1, -0.05) is 42.0 Å². The highest BCUT2D eigenvalue weighted by atomic mass is 16.5. The molecule has 1 N–H and O–H groups in total. The third-order valence-electron chi connectivity index (χ3n) is 5.14. The topological polar surface area (TPSA) is 21.3 Å². The van der Waals surface area contributed by atoms with Crippen molar-refractivity contribution in [3.63, 3.8) is 0 Å². The number of allylic oxidation sites excluding steroid dienone is 2. The monoisotopic (exact) mass is 319 g/mol. The van der Waals surface area contributed by atoms with Crippen molar-refractivity contribution < 1.29 is 4.74 Å². The summed E-state index contributed by atoms with van der Waals surface area (Å²) in [6, 6.07) is 15.8. The SMILES string of the molecule is Cc1ccc(C2Nc3ccc(OC(C)C)cc3C3C=CCC32)cc1. The fourth-order valence-corrected chi connectivity index (χ4v) is 4.02. The molecule has 3 atom stereocenters. The molecule has 3 unspecified atom stereocenters. The second kappa shape index (κ2) is 6.01. The van der Waals surface area contributed by atoms with Crippen LogP contribution < -0.4 is 10.1 Å². The highest BCUT2D eigenvalue weighted by Crippen LogP contribution is 2.50. The Kier molecular flexibility index (Phi) is 3.84. The lowest BCUT2D eigenvalue weighted by Gasteiger charge is -2.37. The highest BCUT2D eigenvalue weighted by molar-refractivity contribution is 5.61. The minimum atomic E-state index is 0.204. The van der Waals surface area contributed by atoms with Crippen LogP contribution >= 0.6 is 0 Å². The molecule has 0 fully saturated rings. The molecule has 124 valence electrons. The van der Waals surface area contributed by atoms with Crippen molar-refractivity contribution >= 4 is 5.69 Å².